The van der Waals surface area contributed by atoms with Gasteiger partial charge >= 0.3 is 0 Å². The van der Waals surface area contributed by atoms with Crippen molar-refractivity contribution < 1.29 is 17.9 Å². The average Bonchev–Trinajstić information content (AvgIpc) is 2.89. The van der Waals surface area contributed by atoms with Gasteiger partial charge in [0, 0.05) is 51.4 Å². The predicted molar refractivity (Wildman–Crippen MR) is 138 cm³/mol. The van der Waals surface area contributed by atoms with Crippen LogP contribution in [-0.4, -0.2) is 63.4 Å². The van der Waals surface area contributed by atoms with Crippen molar-refractivity contribution in [3.05, 3.63) is 54.1 Å². The monoisotopic (exact) mass is 499 g/mol. The number of piperidine rings is 2. The molecule has 8 heteroatoms. The van der Waals surface area contributed by atoms with Crippen LogP contribution in [0.15, 0.2) is 53.4 Å². The van der Waals surface area contributed by atoms with E-state index in [1.165, 1.54) is 34.8 Å². The highest BCUT2D eigenvalue weighted by Crippen LogP contribution is 2.28. The summed E-state index contributed by atoms with van der Waals surface area (Å²) < 4.78 is 33.1. The zero-order valence-corrected chi connectivity index (χ0v) is 21.7. The molecule has 4 rings (SSSR count). The Bertz CT molecular complexity index is 1090. The third-order valence-corrected chi connectivity index (χ3v) is 8.96. The standard InChI is InChI=1S/C27H37N3O4S/c1-3-34-24-11-13-25(14-12-24)35(32,33)30-19-15-22(16-20-30)27(31)28(2)21-23-9-5-6-10-26(23)29-17-7-4-8-18-29/h5-6,9-14,22H,3-4,7-8,15-21H2,1-2H3. The molecule has 2 aromatic rings. The summed E-state index contributed by atoms with van der Waals surface area (Å²) in [5.74, 6) is 0.589. The van der Waals surface area contributed by atoms with E-state index in [0.717, 1.165) is 13.1 Å². The molecule has 2 fully saturated rings. The Balaban J connectivity index is 1.35. The largest absolute Gasteiger partial charge is 0.494 e. The number of hydrogen-bond donors (Lipinski definition) is 0. The molecular formula is C27H37N3O4S. The summed E-state index contributed by atoms with van der Waals surface area (Å²) in [6, 6.07) is 14.9. The Morgan fingerprint density at radius 1 is 0.971 bits per heavy atom. The SMILES string of the molecule is CCOc1ccc(S(=O)(=O)N2CCC(C(=O)N(C)Cc3ccccc3N3CCCCC3)CC2)cc1. The number of rotatable bonds is 8. The van der Waals surface area contributed by atoms with E-state index in [4.69, 9.17) is 4.74 Å². The van der Waals surface area contributed by atoms with E-state index in [2.05, 4.69) is 23.1 Å². The second-order valence-corrected chi connectivity index (χ2v) is 11.4. The molecule has 0 spiro atoms. The second kappa shape index (κ2) is 11.4. The maximum Gasteiger partial charge on any atom is 0.243 e. The first-order valence-corrected chi connectivity index (χ1v) is 14.1. The van der Waals surface area contributed by atoms with Crippen molar-refractivity contribution in [2.45, 2.75) is 50.5 Å². The highest BCUT2D eigenvalue weighted by atomic mass is 32.2. The third-order valence-electron chi connectivity index (χ3n) is 7.05. The van der Waals surface area contributed by atoms with Crippen LogP contribution in [0.25, 0.3) is 0 Å². The van der Waals surface area contributed by atoms with Crippen LogP contribution in [0.2, 0.25) is 0 Å². The molecule has 190 valence electrons. The number of carbonyl (C=O) groups excluding carboxylic acids is 1. The molecule has 0 radical (unpaired) electrons. The number of sulfonamides is 1. The van der Waals surface area contributed by atoms with Crippen molar-refractivity contribution in [1.82, 2.24) is 9.21 Å². The van der Waals surface area contributed by atoms with Gasteiger partial charge in [0.05, 0.1) is 11.5 Å². The highest BCUT2D eigenvalue weighted by molar-refractivity contribution is 7.89. The van der Waals surface area contributed by atoms with E-state index >= 15 is 0 Å². The van der Waals surface area contributed by atoms with E-state index in [0.29, 0.717) is 44.8 Å². The number of nitrogens with zero attached hydrogens (tertiary/aromatic N) is 3. The lowest BCUT2D eigenvalue weighted by Crippen LogP contribution is -2.43. The van der Waals surface area contributed by atoms with E-state index in [-0.39, 0.29) is 16.7 Å². The number of anilines is 1. The topological polar surface area (TPSA) is 70.2 Å². The normalized spacial score (nSPS) is 17.8. The summed E-state index contributed by atoms with van der Waals surface area (Å²) in [5.41, 5.74) is 2.39. The minimum Gasteiger partial charge on any atom is -0.494 e. The first kappa shape index (κ1) is 25.5. The molecule has 2 aliphatic rings. The number of benzene rings is 2. The number of ether oxygens (including phenoxy) is 1. The van der Waals surface area contributed by atoms with Gasteiger partial charge in [0.2, 0.25) is 15.9 Å². The average molecular weight is 500 g/mol. The minimum atomic E-state index is -3.58. The number of amides is 1. The fourth-order valence-corrected chi connectivity index (χ4v) is 6.57. The first-order valence-electron chi connectivity index (χ1n) is 12.7. The Labute approximate surface area is 209 Å². The molecule has 0 aromatic heterocycles. The van der Waals surface area contributed by atoms with Crippen LogP contribution in [-0.2, 0) is 21.4 Å². The summed E-state index contributed by atoms with van der Waals surface area (Å²) in [6.07, 6.45) is 4.77. The summed E-state index contributed by atoms with van der Waals surface area (Å²) in [5, 5.41) is 0. The molecule has 0 N–H and O–H groups in total. The molecule has 2 aromatic carbocycles. The lowest BCUT2D eigenvalue weighted by Gasteiger charge is -2.34. The van der Waals surface area contributed by atoms with Gasteiger partial charge < -0.3 is 14.5 Å². The lowest BCUT2D eigenvalue weighted by molar-refractivity contribution is -0.135. The van der Waals surface area contributed by atoms with Crippen molar-refractivity contribution in [2.75, 3.05) is 44.7 Å². The van der Waals surface area contributed by atoms with Gasteiger partial charge in [0.1, 0.15) is 5.75 Å². The molecule has 0 atom stereocenters. The number of hydrogen-bond acceptors (Lipinski definition) is 5. The fourth-order valence-electron chi connectivity index (χ4n) is 5.10. The van der Waals surface area contributed by atoms with Gasteiger partial charge in [-0.15, -0.1) is 0 Å². The molecule has 0 aliphatic carbocycles. The predicted octanol–water partition coefficient (Wildman–Crippen LogP) is 4.13. The summed E-state index contributed by atoms with van der Waals surface area (Å²) in [4.78, 5) is 17.7. The Hall–Kier alpha value is -2.58. The second-order valence-electron chi connectivity index (χ2n) is 9.45. The van der Waals surface area contributed by atoms with Crippen LogP contribution in [0.3, 0.4) is 0 Å². The van der Waals surface area contributed by atoms with Crippen molar-refractivity contribution in [3.63, 3.8) is 0 Å². The minimum absolute atomic E-state index is 0.0940. The van der Waals surface area contributed by atoms with E-state index in [1.54, 1.807) is 24.3 Å². The zero-order valence-electron chi connectivity index (χ0n) is 20.9. The molecule has 7 nitrogen and oxygen atoms in total. The van der Waals surface area contributed by atoms with Gasteiger partial charge in [-0.2, -0.15) is 4.31 Å². The van der Waals surface area contributed by atoms with Crippen LogP contribution in [0.4, 0.5) is 5.69 Å². The maximum atomic E-state index is 13.2. The molecule has 1 amide bonds. The van der Waals surface area contributed by atoms with Gasteiger partial charge in [-0.05, 0) is 74.9 Å². The summed E-state index contributed by atoms with van der Waals surface area (Å²) in [7, 11) is -1.72. The molecular weight excluding hydrogens is 462 g/mol. The van der Waals surface area contributed by atoms with Gasteiger partial charge in [0.15, 0.2) is 0 Å². The molecule has 0 unspecified atom stereocenters. The summed E-state index contributed by atoms with van der Waals surface area (Å²) >= 11 is 0. The van der Waals surface area contributed by atoms with Crippen LogP contribution < -0.4 is 9.64 Å². The van der Waals surface area contributed by atoms with Gasteiger partial charge in [-0.1, -0.05) is 18.2 Å². The number of carbonyl (C=O) groups is 1. The van der Waals surface area contributed by atoms with Crippen molar-refractivity contribution in [2.24, 2.45) is 5.92 Å². The fraction of sp³-hybridized carbons (Fsp3) is 0.519. The van der Waals surface area contributed by atoms with Gasteiger partial charge in [0.25, 0.3) is 0 Å². The Morgan fingerprint density at radius 3 is 2.29 bits per heavy atom. The van der Waals surface area contributed by atoms with Gasteiger partial charge in [-0.25, -0.2) is 8.42 Å². The molecule has 2 heterocycles. The lowest BCUT2D eigenvalue weighted by atomic mass is 9.96. The van der Waals surface area contributed by atoms with Crippen molar-refractivity contribution in [1.29, 1.82) is 0 Å². The van der Waals surface area contributed by atoms with Crippen molar-refractivity contribution >= 4 is 21.6 Å². The van der Waals surface area contributed by atoms with Crippen molar-refractivity contribution in [3.8, 4) is 5.75 Å². The van der Waals surface area contributed by atoms with E-state index in [1.807, 2.05) is 24.9 Å². The van der Waals surface area contributed by atoms with Gasteiger partial charge in [-0.3, -0.25) is 4.79 Å². The molecule has 35 heavy (non-hydrogen) atoms. The van der Waals surface area contributed by atoms with Crippen LogP contribution >= 0.6 is 0 Å². The van der Waals surface area contributed by atoms with Crippen LogP contribution in [0, 0.1) is 5.92 Å². The molecule has 0 bridgehead atoms. The molecule has 2 saturated heterocycles. The third kappa shape index (κ3) is 5.98. The Kier molecular flexibility index (Phi) is 8.34. The zero-order chi connectivity index (χ0) is 24.8. The van der Waals surface area contributed by atoms with E-state index < -0.39 is 10.0 Å². The maximum absolute atomic E-state index is 13.2. The Morgan fingerprint density at radius 2 is 1.63 bits per heavy atom. The van der Waals surface area contributed by atoms with Crippen LogP contribution in [0.1, 0.15) is 44.6 Å². The summed E-state index contributed by atoms with van der Waals surface area (Å²) in [6.45, 7) is 5.82. The number of para-hydroxylation sites is 1. The van der Waals surface area contributed by atoms with E-state index in [9.17, 15) is 13.2 Å². The molecule has 2 aliphatic heterocycles. The van der Waals surface area contributed by atoms with Crippen LogP contribution in [0.5, 0.6) is 5.75 Å². The highest BCUT2D eigenvalue weighted by Gasteiger charge is 2.33. The smallest absolute Gasteiger partial charge is 0.243 e. The molecule has 0 saturated carbocycles. The quantitative estimate of drug-likeness (QED) is 0.546. The first-order chi connectivity index (χ1) is 16.9.